The van der Waals surface area contributed by atoms with E-state index < -0.39 is 0 Å². The summed E-state index contributed by atoms with van der Waals surface area (Å²) in [6.07, 6.45) is 2.41. The van der Waals surface area contributed by atoms with Crippen molar-refractivity contribution < 1.29 is 9.47 Å². The molecule has 28 heavy (non-hydrogen) atoms. The Labute approximate surface area is 186 Å². The first-order valence-electron chi connectivity index (χ1n) is 10.3. The molecule has 2 N–H and O–H groups in total. The maximum absolute atomic E-state index is 6.18. The first-order chi connectivity index (χ1) is 12.8. The number of ether oxygens (including phenoxy) is 2. The minimum atomic E-state index is -0.205. The molecule has 156 valence electrons. The molecule has 0 amide bonds. The number of hydrogen-bond donors (Lipinski definition) is 2. The normalized spacial score (nSPS) is 32.1. The summed E-state index contributed by atoms with van der Waals surface area (Å²) in [5, 5.41) is 7.44. The summed E-state index contributed by atoms with van der Waals surface area (Å²) in [6.45, 7) is 12.6. The molecule has 0 spiro atoms. The first-order valence-corrected chi connectivity index (χ1v) is 10.3. The van der Waals surface area contributed by atoms with Crippen LogP contribution in [0.5, 0.6) is 5.75 Å². The molecule has 1 saturated heterocycles. The van der Waals surface area contributed by atoms with Crippen molar-refractivity contribution in [3.8, 4) is 5.75 Å². The number of nitrogens with zero attached hydrogens (tertiary/aromatic N) is 1. The largest absolute Gasteiger partial charge is 0.487 e. The Bertz CT molecular complexity index is 734. The molecule has 1 aromatic carbocycles. The lowest BCUT2D eigenvalue weighted by atomic mass is 9.57. The Morgan fingerprint density at radius 2 is 1.93 bits per heavy atom. The van der Waals surface area contributed by atoms with E-state index in [-0.39, 0.29) is 41.0 Å². The van der Waals surface area contributed by atoms with E-state index in [9.17, 15) is 0 Å². The van der Waals surface area contributed by atoms with E-state index >= 15 is 0 Å². The van der Waals surface area contributed by atoms with Gasteiger partial charge in [0.2, 0.25) is 0 Å². The maximum Gasteiger partial charge on any atom is 0.191 e. The van der Waals surface area contributed by atoms with Crippen LogP contribution in [-0.2, 0) is 4.74 Å². The van der Waals surface area contributed by atoms with Crippen molar-refractivity contribution in [1.29, 1.82) is 0 Å². The fourth-order valence-corrected chi connectivity index (χ4v) is 5.15. The summed E-state index contributed by atoms with van der Waals surface area (Å²) in [6, 6.07) is 8.90. The Kier molecular flexibility index (Phi) is 6.21. The van der Waals surface area contributed by atoms with Gasteiger partial charge in [0.25, 0.3) is 0 Å². The number of halogens is 1. The molecule has 2 heterocycles. The Morgan fingerprint density at radius 3 is 2.68 bits per heavy atom. The summed E-state index contributed by atoms with van der Waals surface area (Å²) in [5.74, 6) is 2.45. The monoisotopic (exact) mass is 499 g/mol. The number of rotatable bonds is 3. The minimum absolute atomic E-state index is 0. The van der Waals surface area contributed by atoms with E-state index in [0.29, 0.717) is 18.1 Å². The number of aliphatic imine (C=N–C) groups is 1. The summed E-state index contributed by atoms with van der Waals surface area (Å²) >= 11 is 0. The molecule has 4 atom stereocenters. The molecule has 3 aliphatic rings. The Balaban J connectivity index is 0.00000225. The average molecular weight is 499 g/mol. The van der Waals surface area contributed by atoms with Crippen LogP contribution in [0, 0.1) is 11.3 Å². The SMILES string of the molecule is CCN=C(NC1CC(C)(C)Oc2ccccc21)NC1C2CCOC2C1(C)C.I. The molecule has 2 aliphatic heterocycles. The van der Waals surface area contributed by atoms with Gasteiger partial charge >= 0.3 is 0 Å². The van der Waals surface area contributed by atoms with Crippen LogP contribution in [0.25, 0.3) is 0 Å². The van der Waals surface area contributed by atoms with Crippen molar-refractivity contribution >= 4 is 29.9 Å². The quantitative estimate of drug-likeness (QED) is 0.371. The number of nitrogens with one attached hydrogen (secondary N) is 2. The molecule has 4 rings (SSSR count). The van der Waals surface area contributed by atoms with Gasteiger partial charge in [0, 0.05) is 42.5 Å². The molecular weight excluding hydrogens is 465 g/mol. The highest BCUT2D eigenvalue weighted by molar-refractivity contribution is 14.0. The summed E-state index contributed by atoms with van der Waals surface area (Å²) in [7, 11) is 0. The topological polar surface area (TPSA) is 54.9 Å². The van der Waals surface area contributed by atoms with E-state index in [4.69, 9.17) is 14.5 Å². The minimum Gasteiger partial charge on any atom is -0.487 e. The highest BCUT2D eigenvalue weighted by Crippen LogP contribution is 2.52. The van der Waals surface area contributed by atoms with Crippen LogP contribution in [0.4, 0.5) is 0 Å². The molecule has 6 heteroatoms. The second kappa shape index (κ2) is 8.01. The molecule has 1 aromatic rings. The van der Waals surface area contributed by atoms with E-state index in [1.165, 1.54) is 5.56 Å². The van der Waals surface area contributed by atoms with Gasteiger partial charge in [-0.15, -0.1) is 24.0 Å². The average Bonchev–Trinajstić information content (AvgIpc) is 3.06. The van der Waals surface area contributed by atoms with E-state index in [1.807, 2.05) is 6.07 Å². The van der Waals surface area contributed by atoms with Gasteiger partial charge in [-0.25, -0.2) is 0 Å². The molecule has 1 saturated carbocycles. The second-order valence-electron chi connectivity index (χ2n) is 9.31. The van der Waals surface area contributed by atoms with Crippen molar-refractivity contribution in [1.82, 2.24) is 10.6 Å². The third-order valence-corrected chi connectivity index (χ3v) is 6.40. The van der Waals surface area contributed by atoms with Crippen molar-refractivity contribution in [2.24, 2.45) is 16.3 Å². The van der Waals surface area contributed by atoms with Gasteiger partial charge in [0.15, 0.2) is 5.96 Å². The van der Waals surface area contributed by atoms with E-state index in [1.54, 1.807) is 0 Å². The zero-order chi connectivity index (χ0) is 19.2. The van der Waals surface area contributed by atoms with Crippen LogP contribution in [0.15, 0.2) is 29.3 Å². The predicted octanol–water partition coefficient (Wildman–Crippen LogP) is 4.28. The number of guanidine groups is 1. The number of benzene rings is 1. The van der Waals surface area contributed by atoms with Gasteiger partial charge in [-0.3, -0.25) is 4.99 Å². The molecule has 4 unspecified atom stereocenters. The number of para-hydroxylation sites is 1. The van der Waals surface area contributed by atoms with Gasteiger partial charge in [-0.1, -0.05) is 32.0 Å². The van der Waals surface area contributed by atoms with Crippen molar-refractivity contribution in [2.45, 2.75) is 71.2 Å². The standard InChI is InChI=1S/C22H33N3O2.HI/c1-6-23-20(25-18-15-11-12-26-19(15)22(18,4)5)24-16-13-21(2,3)27-17-10-8-7-9-14(16)17;/h7-10,15-16,18-19H,6,11-13H2,1-5H3,(H2,23,24,25);1H. The van der Waals surface area contributed by atoms with Gasteiger partial charge < -0.3 is 20.1 Å². The van der Waals surface area contributed by atoms with Crippen LogP contribution >= 0.6 is 24.0 Å². The smallest absolute Gasteiger partial charge is 0.191 e. The van der Waals surface area contributed by atoms with Crippen LogP contribution in [0.2, 0.25) is 0 Å². The van der Waals surface area contributed by atoms with E-state index in [0.717, 1.165) is 37.7 Å². The van der Waals surface area contributed by atoms with Gasteiger partial charge in [-0.05, 0) is 33.3 Å². The van der Waals surface area contributed by atoms with Gasteiger partial charge in [-0.2, -0.15) is 0 Å². The van der Waals surface area contributed by atoms with Crippen LogP contribution < -0.4 is 15.4 Å². The highest BCUT2D eigenvalue weighted by atomic mass is 127. The van der Waals surface area contributed by atoms with Crippen molar-refractivity contribution in [3.05, 3.63) is 29.8 Å². The molecule has 0 aromatic heterocycles. The molecule has 2 fully saturated rings. The van der Waals surface area contributed by atoms with Crippen LogP contribution in [0.1, 0.15) is 59.1 Å². The lowest BCUT2D eigenvalue weighted by molar-refractivity contribution is -0.107. The van der Waals surface area contributed by atoms with Crippen LogP contribution in [0.3, 0.4) is 0 Å². The Hall–Kier alpha value is -1.02. The van der Waals surface area contributed by atoms with Crippen molar-refractivity contribution in [2.75, 3.05) is 13.2 Å². The zero-order valence-corrected chi connectivity index (χ0v) is 19.9. The lowest BCUT2D eigenvalue weighted by Gasteiger charge is -2.55. The fraction of sp³-hybridized carbons (Fsp3) is 0.682. The molecule has 5 nitrogen and oxygen atoms in total. The third kappa shape index (κ3) is 3.86. The first kappa shape index (κ1) is 21.7. The summed E-state index contributed by atoms with van der Waals surface area (Å²) in [5.41, 5.74) is 1.13. The predicted molar refractivity (Wildman–Crippen MR) is 124 cm³/mol. The summed E-state index contributed by atoms with van der Waals surface area (Å²) in [4.78, 5) is 4.75. The number of fused-ring (bicyclic) bond motifs is 2. The molecule has 0 bridgehead atoms. The highest BCUT2D eigenvalue weighted by Gasteiger charge is 2.59. The van der Waals surface area contributed by atoms with Crippen molar-refractivity contribution in [3.63, 3.8) is 0 Å². The van der Waals surface area contributed by atoms with Gasteiger partial charge in [0.1, 0.15) is 11.4 Å². The van der Waals surface area contributed by atoms with Gasteiger partial charge in [0.05, 0.1) is 12.1 Å². The maximum atomic E-state index is 6.18. The molecule has 1 aliphatic carbocycles. The Morgan fingerprint density at radius 1 is 1.18 bits per heavy atom. The zero-order valence-electron chi connectivity index (χ0n) is 17.6. The molecule has 0 radical (unpaired) electrons. The van der Waals surface area contributed by atoms with E-state index in [2.05, 4.69) is 63.5 Å². The third-order valence-electron chi connectivity index (χ3n) is 6.40. The lowest BCUT2D eigenvalue weighted by Crippen LogP contribution is -2.68. The van der Waals surface area contributed by atoms with Crippen LogP contribution in [-0.4, -0.2) is 36.9 Å². The molecular formula is C22H34IN3O2. The second-order valence-corrected chi connectivity index (χ2v) is 9.31. The fourth-order valence-electron chi connectivity index (χ4n) is 5.15. The summed E-state index contributed by atoms with van der Waals surface area (Å²) < 4.78 is 12.1. The number of hydrogen-bond acceptors (Lipinski definition) is 3.